The molecule has 12 nitrogen and oxygen atoms in total. The molecule has 1 aliphatic heterocycles. The summed E-state index contributed by atoms with van der Waals surface area (Å²) in [5, 5.41) is 18.9. The van der Waals surface area contributed by atoms with Gasteiger partial charge < -0.3 is 28.8 Å². The number of methoxy groups -OCH3 is 1. The highest BCUT2D eigenvalue weighted by Gasteiger charge is 2.53. The molecule has 5 atom stereocenters. The number of carbonyl (C=O) groups excluding carboxylic acids is 3. The second kappa shape index (κ2) is 18.8. The van der Waals surface area contributed by atoms with Gasteiger partial charge in [-0.3, -0.25) is 16.0 Å². The zero-order valence-corrected chi connectivity index (χ0v) is 31.4. The first kappa shape index (κ1) is 39.3. The van der Waals surface area contributed by atoms with Gasteiger partial charge in [-0.15, -0.1) is 0 Å². The van der Waals surface area contributed by atoms with Crippen molar-refractivity contribution in [2.75, 3.05) is 29.7 Å². The van der Waals surface area contributed by atoms with E-state index in [0.29, 0.717) is 22.6 Å². The van der Waals surface area contributed by atoms with Crippen LogP contribution in [0.5, 0.6) is 0 Å². The van der Waals surface area contributed by atoms with Crippen LogP contribution in [0.15, 0.2) is 164 Å². The number of rotatable bonds is 11. The van der Waals surface area contributed by atoms with E-state index < -0.39 is 55.6 Å². The molecule has 0 radical (unpaired) electrons. The van der Waals surface area contributed by atoms with Crippen molar-refractivity contribution in [2.24, 2.45) is 0 Å². The van der Waals surface area contributed by atoms with Gasteiger partial charge in [0.15, 0.2) is 24.6 Å². The van der Waals surface area contributed by atoms with Gasteiger partial charge >= 0.3 is 18.3 Å². The van der Waals surface area contributed by atoms with Crippen LogP contribution in [0.4, 0.5) is 31.4 Å². The van der Waals surface area contributed by atoms with Crippen LogP contribution < -0.4 is 16.0 Å². The first-order valence-electron chi connectivity index (χ1n) is 18.6. The van der Waals surface area contributed by atoms with Crippen LogP contribution in [-0.4, -0.2) is 67.8 Å². The van der Waals surface area contributed by atoms with Crippen LogP contribution in [0.25, 0.3) is 33.4 Å². The smallest absolute Gasteiger partial charge is 0.412 e. The third kappa shape index (κ3) is 9.33. The lowest BCUT2D eigenvalue weighted by Crippen LogP contribution is -2.63. The molecule has 0 spiro atoms. The number of para-hydroxylation sites is 3. The van der Waals surface area contributed by atoms with Gasteiger partial charge in [-0.25, -0.2) is 14.4 Å². The normalized spacial score (nSPS) is 18.6. The molecule has 1 aliphatic rings. The van der Waals surface area contributed by atoms with Crippen LogP contribution in [0.1, 0.15) is 0 Å². The number of aliphatic hydroxyl groups is 1. The molecule has 6 aromatic carbocycles. The Morgan fingerprint density at radius 1 is 0.483 bits per heavy atom. The monoisotopic (exact) mass is 779 g/mol. The summed E-state index contributed by atoms with van der Waals surface area (Å²) in [7, 11) is 1.31. The molecule has 3 amide bonds. The first-order chi connectivity index (χ1) is 28.4. The van der Waals surface area contributed by atoms with E-state index >= 15 is 0 Å². The van der Waals surface area contributed by atoms with Gasteiger partial charge in [-0.2, -0.15) is 0 Å². The largest absolute Gasteiger partial charge is 0.439 e. The van der Waals surface area contributed by atoms with Crippen molar-refractivity contribution in [3.63, 3.8) is 0 Å². The van der Waals surface area contributed by atoms with E-state index in [2.05, 4.69) is 16.0 Å². The number of benzene rings is 6. The molecule has 12 heteroatoms. The molecule has 1 fully saturated rings. The molecule has 0 aliphatic carbocycles. The van der Waals surface area contributed by atoms with Crippen molar-refractivity contribution in [1.29, 1.82) is 0 Å². The third-order valence-electron chi connectivity index (χ3n) is 9.48. The molecule has 0 saturated carbocycles. The molecule has 4 N–H and O–H groups in total. The lowest BCUT2D eigenvalue weighted by atomic mass is 9.98. The number of anilines is 3. The lowest BCUT2D eigenvalue weighted by molar-refractivity contribution is -0.290. The van der Waals surface area contributed by atoms with Crippen molar-refractivity contribution in [1.82, 2.24) is 0 Å². The zero-order chi connectivity index (χ0) is 40.3. The molecule has 7 rings (SSSR count). The number of hydrogen-bond donors (Lipinski definition) is 4. The van der Waals surface area contributed by atoms with Crippen molar-refractivity contribution < 1.29 is 43.2 Å². The predicted octanol–water partition coefficient (Wildman–Crippen LogP) is 9.20. The summed E-state index contributed by atoms with van der Waals surface area (Å²) in [6.07, 6.45) is -10.1. The molecule has 0 bridgehead atoms. The van der Waals surface area contributed by atoms with E-state index in [1.54, 1.807) is 36.4 Å². The van der Waals surface area contributed by atoms with E-state index in [1.165, 1.54) is 7.11 Å². The number of carbonyl (C=O) groups is 3. The topological polar surface area (TPSA) is 154 Å². The van der Waals surface area contributed by atoms with Crippen LogP contribution in [-0.2, 0) is 23.7 Å². The van der Waals surface area contributed by atoms with E-state index in [-0.39, 0.29) is 0 Å². The summed E-state index contributed by atoms with van der Waals surface area (Å²) < 4.78 is 29.5. The molecule has 58 heavy (non-hydrogen) atoms. The van der Waals surface area contributed by atoms with Gasteiger partial charge in [0.25, 0.3) is 0 Å². The third-order valence-corrected chi connectivity index (χ3v) is 9.48. The quantitative estimate of drug-likeness (QED) is 0.0943. The van der Waals surface area contributed by atoms with Crippen LogP contribution in [0.2, 0.25) is 0 Å². The minimum atomic E-state index is -1.56. The van der Waals surface area contributed by atoms with Gasteiger partial charge in [0.05, 0.1) is 23.7 Å². The maximum absolute atomic E-state index is 13.9. The van der Waals surface area contributed by atoms with E-state index in [4.69, 9.17) is 23.7 Å². The maximum atomic E-state index is 13.9. The van der Waals surface area contributed by atoms with Gasteiger partial charge in [0, 0.05) is 23.8 Å². The maximum Gasteiger partial charge on any atom is 0.412 e. The summed E-state index contributed by atoms with van der Waals surface area (Å²) in [6.45, 7) is -0.680. The van der Waals surface area contributed by atoms with Crippen molar-refractivity contribution in [2.45, 2.75) is 30.7 Å². The molecule has 0 aromatic heterocycles. The van der Waals surface area contributed by atoms with Crippen molar-refractivity contribution >= 4 is 35.3 Å². The number of nitrogens with one attached hydrogen (secondary N) is 3. The molecule has 1 saturated heterocycles. The molecule has 1 heterocycles. The zero-order valence-electron chi connectivity index (χ0n) is 31.4. The summed E-state index contributed by atoms with van der Waals surface area (Å²) in [5.41, 5.74) is 5.98. The Morgan fingerprint density at radius 2 is 0.810 bits per heavy atom. The van der Waals surface area contributed by atoms with Crippen LogP contribution in [0.3, 0.4) is 0 Å². The fourth-order valence-electron chi connectivity index (χ4n) is 6.79. The average molecular weight is 780 g/mol. The molecular formula is C46H41N3O9. The summed E-state index contributed by atoms with van der Waals surface area (Å²) in [4.78, 5) is 41.5. The second-order valence-corrected chi connectivity index (χ2v) is 13.2. The number of amides is 3. The molecule has 294 valence electrons. The molecule has 6 aromatic rings. The lowest BCUT2D eigenvalue weighted by Gasteiger charge is -2.43. The summed E-state index contributed by atoms with van der Waals surface area (Å²) >= 11 is 0. The summed E-state index contributed by atoms with van der Waals surface area (Å²) in [6, 6.07) is 49.8. The fraction of sp³-hybridized carbons (Fsp3) is 0.152. The number of hydrogen-bond acceptors (Lipinski definition) is 9. The summed E-state index contributed by atoms with van der Waals surface area (Å²) in [5.74, 6) is 0. The van der Waals surface area contributed by atoms with E-state index in [1.807, 2.05) is 127 Å². The van der Waals surface area contributed by atoms with Crippen molar-refractivity contribution in [3.8, 4) is 33.4 Å². The van der Waals surface area contributed by atoms with Gasteiger partial charge in [0.2, 0.25) is 0 Å². The Kier molecular flexibility index (Phi) is 12.7. The SMILES string of the molecule is CO[C@H]1O[C@H](CO)[C@@H](OC(=O)Nc2ccccc2-c2ccccc2)[C@H](OC(=O)Nc2ccccc2-c2ccccc2)[C@H]1OC(=O)Nc1ccccc1-c1ccccc1. The Hall–Kier alpha value is -6.99. The average Bonchev–Trinajstić information content (AvgIpc) is 3.26. The highest BCUT2D eigenvalue weighted by Crippen LogP contribution is 2.34. The minimum absolute atomic E-state index is 0.424. The highest BCUT2D eigenvalue weighted by atomic mass is 16.7. The van der Waals surface area contributed by atoms with E-state index in [0.717, 1.165) is 27.8 Å². The highest BCUT2D eigenvalue weighted by molar-refractivity contribution is 5.94. The van der Waals surface area contributed by atoms with Crippen LogP contribution in [0, 0.1) is 0 Å². The standard InChI is InChI=1S/C46H41N3O9/c1-54-43-42(58-46(53)49-38-28-16-13-25-35(38)32-21-9-4-10-22-32)41(57-45(52)48-37-27-15-12-24-34(37)31-19-7-3-8-20-31)40(39(29-50)55-43)56-44(51)47-36-26-14-11-23-33(36)30-17-5-2-6-18-30/h2-28,39-43,50H,29H2,1H3,(H,47,51)(H,48,52)(H,49,53)/t39-,40-,41+,42-,43+/m1/s1. The second-order valence-electron chi connectivity index (χ2n) is 13.2. The molecular weight excluding hydrogens is 739 g/mol. The Morgan fingerprint density at radius 3 is 1.17 bits per heavy atom. The Bertz CT molecular complexity index is 2200. The van der Waals surface area contributed by atoms with Gasteiger partial charge in [-0.1, -0.05) is 146 Å². The van der Waals surface area contributed by atoms with Crippen LogP contribution >= 0.6 is 0 Å². The fourth-order valence-corrected chi connectivity index (χ4v) is 6.79. The number of aliphatic hydroxyl groups excluding tert-OH is 1. The van der Waals surface area contributed by atoms with E-state index in [9.17, 15) is 19.5 Å². The number of ether oxygens (including phenoxy) is 5. The van der Waals surface area contributed by atoms with Crippen molar-refractivity contribution in [3.05, 3.63) is 164 Å². The predicted molar refractivity (Wildman–Crippen MR) is 220 cm³/mol. The van der Waals surface area contributed by atoms with Gasteiger partial charge in [0.1, 0.15) is 6.10 Å². The minimum Gasteiger partial charge on any atom is -0.439 e. The Labute approximate surface area is 335 Å². The van der Waals surface area contributed by atoms with Gasteiger partial charge in [-0.05, 0) is 34.9 Å². The first-order valence-corrected chi connectivity index (χ1v) is 18.6. The molecule has 0 unspecified atom stereocenters. The Balaban J connectivity index is 1.19.